The van der Waals surface area contributed by atoms with E-state index in [1.807, 2.05) is 46.7 Å². The molecule has 1 rings (SSSR count). The Kier molecular flexibility index (Phi) is 6.33. The van der Waals surface area contributed by atoms with Gasteiger partial charge in [-0.15, -0.1) is 0 Å². The van der Waals surface area contributed by atoms with Gasteiger partial charge in [0.2, 0.25) is 0 Å². The molecule has 1 atom stereocenters. The summed E-state index contributed by atoms with van der Waals surface area (Å²) in [6.07, 6.45) is 0. The molecule has 122 valence electrons. The van der Waals surface area contributed by atoms with E-state index in [4.69, 9.17) is 0 Å². The number of aryl methyl sites for hydroxylation is 1. The molecule has 0 saturated carbocycles. The van der Waals surface area contributed by atoms with E-state index in [-0.39, 0.29) is 17.1 Å². The van der Waals surface area contributed by atoms with Crippen molar-refractivity contribution in [1.82, 2.24) is 25.1 Å². The molecule has 0 spiro atoms. The maximum Gasteiger partial charge on any atom is 0.260 e. The molecule has 21 heavy (non-hydrogen) atoms. The Morgan fingerprint density at radius 2 is 1.90 bits per heavy atom. The molecular weight excluding hydrogens is 290 g/mol. The molecule has 8 heteroatoms. The third-order valence-electron chi connectivity index (χ3n) is 3.43. The first-order valence-electron chi connectivity index (χ1n) is 7.08. The molecule has 0 aliphatic rings. The van der Waals surface area contributed by atoms with E-state index < -0.39 is 10.0 Å². The molecule has 0 aliphatic heterocycles. The monoisotopic (exact) mass is 317 g/mol. The van der Waals surface area contributed by atoms with Gasteiger partial charge in [0, 0.05) is 36.4 Å². The van der Waals surface area contributed by atoms with Gasteiger partial charge in [-0.1, -0.05) is 13.8 Å². The summed E-state index contributed by atoms with van der Waals surface area (Å²) in [5.74, 6) is 0. The zero-order chi connectivity index (χ0) is 16.2. The van der Waals surface area contributed by atoms with Crippen molar-refractivity contribution in [3.8, 4) is 0 Å². The molecule has 0 bridgehead atoms. The highest BCUT2D eigenvalue weighted by atomic mass is 32.2. The molecule has 0 amide bonds. The summed E-state index contributed by atoms with van der Waals surface area (Å²) in [5.41, 5.74) is 1.46. The summed E-state index contributed by atoms with van der Waals surface area (Å²) in [7, 11) is 0.219. The number of rotatable bonds is 8. The predicted octanol–water partition coefficient (Wildman–Crippen LogP) is 0.445. The van der Waals surface area contributed by atoms with E-state index in [1.165, 1.54) is 0 Å². The average Bonchev–Trinajstić information content (AvgIpc) is 2.75. The third-order valence-corrected chi connectivity index (χ3v) is 4.82. The second-order valence-electron chi connectivity index (χ2n) is 5.83. The first kappa shape index (κ1) is 18.1. The minimum absolute atomic E-state index is 0.0825. The van der Waals surface area contributed by atoms with E-state index >= 15 is 0 Å². The van der Waals surface area contributed by atoms with Crippen molar-refractivity contribution in [2.75, 3.05) is 20.6 Å². The molecule has 1 unspecified atom stereocenters. The standard InChI is InChI=1S/C13H27N5O2S/c1-9(2)14-8-12-11(4)16-17-13(12)21(19,20)15-7-10(3)18(5)6/h9-10,14-15H,7-8H2,1-6H3,(H,16,17). The Hall–Kier alpha value is -0.960. The van der Waals surface area contributed by atoms with Gasteiger partial charge < -0.3 is 10.2 Å². The Morgan fingerprint density at radius 3 is 2.43 bits per heavy atom. The van der Waals surface area contributed by atoms with Gasteiger partial charge in [-0.05, 0) is 27.9 Å². The lowest BCUT2D eigenvalue weighted by Gasteiger charge is -2.19. The summed E-state index contributed by atoms with van der Waals surface area (Å²) in [4.78, 5) is 1.96. The number of nitrogens with zero attached hydrogens (tertiary/aromatic N) is 2. The molecule has 3 N–H and O–H groups in total. The van der Waals surface area contributed by atoms with Crippen molar-refractivity contribution in [2.24, 2.45) is 0 Å². The smallest absolute Gasteiger partial charge is 0.260 e. The average molecular weight is 317 g/mol. The molecular formula is C13H27N5O2S. The maximum absolute atomic E-state index is 12.4. The van der Waals surface area contributed by atoms with Gasteiger partial charge >= 0.3 is 0 Å². The van der Waals surface area contributed by atoms with Crippen LogP contribution in [0.3, 0.4) is 0 Å². The Morgan fingerprint density at radius 1 is 1.29 bits per heavy atom. The molecule has 0 saturated heterocycles. The first-order chi connectivity index (χ1) is 9.65. The van der Waals surface area contributed by atoms with Crippen LogP contribution in [0.15, 0.2) is 5.03 Å². The van der Waals surface area contributed by atoms with Crippen LogP contribution in [0.5, 0.6) is 0 Å². The second kappa shape index (κ2) is 7.35. The number of sulfonamides is 1. The number of aromatic amines is 1. The van der Waals surface area contributed by atoms with Crippen molar-refractivity contribution in [3.05, 3.63) is 11.3 Å². The molecule has 0 aliphatic carbocycles. The van der Waals surface area contributed by atoms with Crippen LogP contribution in [0.1, 0.15) is 32.0 Å². The van der Waals surface area contributed by atoms with Crippen molar-refractivity contribution in [1.29, 1.82) is 0 Å². The highest BCUT2D eigenvalue weighted by molar-refractivity contribution is 7.89. The fourth-order valence-electron chi connectivity index (χ4n) is 1.65. The lowest BCUT2D eigenvalue weighted by Crippen LogP contribution is -2.38. The number of nitrogens with one attached hydrogen (secondary N) is 3. The van der Waals surface area contributed by atoms with Crippen LogP contribution in [0.4, 0.5) is 0 Å². The number of likely N-dealkylation sites (N-methyl/N-ethyl adjacent to an activating group) is 1. The Labute approximate surface area is 127 Å². The van der Waals surface area contributed by atoms with E-state index in [0.717, 1.165) is 5.69 Å². The molecule has 1 aromatic rings. The molecule has 0 fully saturated rings. The number of hydrogen-bond donors (Lipinski definition) is 3. The van der Waals surface area contributed by atoms with Crippen LogP contribution in [0.25, 0.3) is 0 Å². The fraction of sp³-hybridized carbons (Fsp3) is 0.769. The summed E-state index contributed by atoms with van der Waals surface area (Å²) in [5, 5.41) is 10.0. The SMILES string of the molecule is Cc1[nH]nc(S(=O)(=O)NCC(C)N(C)C)c1CNC(C)C. The summed E-state index contributed by atoms with van der Waals surface area (Å²) in [6.45, 7) is 8.63. The highest BCUT2D eigenvalue weighted by Gasteiger charge is 2.24. The zero-order valence-electron chi connectivity index (χ0n) is 13.7. The van der Waals surface area contributed by atoms with Gasteiger partial charge in [-0.2, -0.15) is 5.10 Å². The van der Waals surface area contributed by atoms with Crippen LogP contribution >= 0.6 is 0 Å². The van der Waals surface area contributed by atoms with Gasteiger partial charge in [-0.25, -0.2) is 13.1 Å². The van der Waals surface area contributed by atoms with Crippen LogP contribution in [-0.2, 0) is 16.6 Å². The molecule has 1 heterocycles. The van der Waals surface area contributed by atoms with Crippen LogP contribution in [-0.4, -0.2) is 56.2 Å². The number of aromatic nitrogens is 2. The lowest BCUT2D eigenvalue weighted by atomic mass is 10.2. The van der Waals surface area contributed by atoms with Gasteiger partial charge in [-0.3, -0.25) is 5.10 Å². The topological polar surface area (TPSA) is 90.1 Å². The van der Waals surface area contributed by atoms with E-state index in [2.05, 4.69) is 20.2 Å². The molecule has 0 aromatic carbocycles. The van der Waals surface area contributed by atoms with Gasteiger partial charge in [0.25, 0.3) is 10.0 Å². The van der Waals surface area contributed by atoms with Crippen LogP contribution in [0, 0.1) is 6.92 Å². The lowest BCUT2D eigenvalue weighted by molar-refractivity contribution is 0.313. The van der Waals surface area contributed by atoms with Crippen molar-refractivity contribution >= 4 is 10.0 Å². The maximum atomic E-state index is 12.4. The summed E-state index contributed by atoms with van der Waals surface area (Å²) in [6, 6.07) is 0.383. The summed E-state index contributed by atoms with van der Waals surface area (Å²) < 4.78 is 27.4. The largest absolute Gasteiger partial charge is 0.310 e. The normalized spacial score (nSPS) is 14.1. The Bertz CT molecular complexity index is 551. The van der Waals surface area contributed by atoms with Crippen molar-refractivity contribution in [3.63, 3.8) is 0 Å². The van der Waals surface area contributed by atoms with Gasteiger partial charge in [0.05, 0.1) is 0 Å². The van der Waals surface area contributed by atoms with Gasteiger partial charge in [0.1, 0.15) is 0 Å². The van der Waals surface area contributed by atoms with E-state index in [9.17, 15) is 8.42 Å². The molecule has 1 aromatic heterocycles. The van der Waals surface area contributed by atoms with Crippen molar-refractivity contribution < 1.29 is 8.42 Å². The van der Waals surface area contributed by atoms with Crippen LogP contribution in [0.2, 0.25) is 0 Å². The number of H-pyrrole nitrogens is 1. The first-order valence-corrected chi connectivity index (χ1v) is 8.56. The predicted molar refractivity (Wildman–Crippen MR) is 83.6 cm³/mol. The quantitative estimate of drug-likeness (QED) is 0.647. The van der Waals surface area contributed by atoms with Crippen LogP contribution < -0.4 is 10.0 Å². The summed E-state index contributed by atoms with van der Waals surface area (Å²) >= 11 is 0. The second-order valence-corrected chi connectivity index (χ2v) is 7.51. The van der Waals surface area contributed by atoms with Gasteiger partial charge in [0.15, 0.2) is 5.03 Å². The zero-order valence-corrected chi connectivity index (χ0v) is 14.5. The van der Waals surface area contributed by atoms with E-state index in [0.29, 0.717) is 18.7 Å². The highest BCUT2D eigenvalue weighted by Crippen LogP contribution is 2.16. The molecule has 7 nitrogen and oxygen atoms in total. The number of hydrogen-bond acceptors (Lipinski definition) is 5. The Balaban J connectivity index is 2.88. The third kappa shape index (κ3) is 5.06. The molecule has 0 radical (unpaired) electrons. The van der Waals surface area contributed by atoms with E-state index in [1.54, 1.807) is 0 Å². The minimum atomic E-state index is -3.61. The van der Waals surface area contributed by atoms with Crippen molar-refractivity contribution in [2.45, 2.75) is 51.3 Å². The minimum Gasteiger partial charge on any atom is -0.310 e. The fourth-order valence-corrected chi connectivity index (χ4v) is 2.96.